The Morgan fingerprint density at radius 2 is 1.80 bits per heavy atom. The van der Waals surface area contributed by atoms with Crippen molar-refractivity contribution >= 4 is 18.1 Å². The summed E-state index contributed by atoms with van der Waals surface area (Å²) in [6.45, 7) is 11.9. The number of nitrogens with zero attached hydrogens (tertiary/aromatic N) is 2. The minimum Gasteiger partial charge on any atom is -0.378 e. The van der Waals surface area contributed by atoms with Crippen LogP contribution in [0.5, 0.6) is 0 Å². The molecule has 25 heavy (non-hydrogen) atoms. The van der Waals surface area contributed by atoms with E-state index in [1.54, 1.807) is 0 Å². The molecule has 0 spiro atoms. The first-order chi connectivity index (χ1) is 11.5. The largest absolute Gasteiger partial charge is 0.378 e. The molecule has 1 aromatic heterocycles. The molecule has 1 aliphatic rings. The maximum atomic E-state index is 5.41. The second-order valence-electron chi connectivity index (χ2n) is 7.39. The van der Waals surface area contributed by atoms with Crippen molar-refractivity contribution in [3.63, 3.8) is 0 Å². The zero-order valence-corrected chi connectivity index (χ0v) is 16.2. The van der Waals surface area contributed by atoms with E-state index in [4.69, 9.17) is 4.74 Å². The smallest absolute Gasteiger partial charge is 0.0642 e. The molecule has 0 atom stereocenters. The number of hydrogen-bond acceptors (Lipinski definition) is 4. The summed E-state index contributed by atoms with van der Waals surface area (Å²) >= 11 is 0. The molecule has 0 bridgehead atoms. The van der Waals surface area contributed by atoms with Gasteiger partial charge in [-0.25, -0.2) is 0 Å². The maximum absolute atomic E-state index is 5.41. The molecule has 2 aromatic rings. The lowest BCUT2D eigenvalue weighted by molar-refractivity contribution is 0.122. The van der Waals surface area contributed by atoms with E-state index in [1.807, 2.05) is 6.20 Å². The Bertz CT molecular complexity index is 642. The summed E-state index contributed by atoms with van der Waals surface area (Å²) in [6, 6.07) is 8.83. The van der Waals surface area contributed by atoms with Crippen LogP contribution in [-0.4, -0.2) is 36.5 Å². The Hall–Kier alpha value is -1.56. The van der Waals surface area contributed by atoms with Crippen molar-refractivity contribution in [3.8, 4) is 0 Å². The van der Waals surface area contributed by atoms with E-state index < -0.39 is 0 Å². The van der Waals surface area contributed by atoms with Crippen LogP contribution in [0.25, 0.3) is 0 Å². The molecule has 0 radical (unpaired) electrons. The van der Waals surface area contributed by atoms with Gasteiger partial charge in [-0.1, -0.05) is 32.9 Å². The first-order valence-corrected chi connectivity index (χ1v) is 8.69. The molecule has 0 saturated carbocycles. The van der Waals surface area contributed by atoms with Crippen molar-refractivity contribution in [1.82, 2.24) is 15.5 Å². The van der Waals surface area contributed by atoms with Crippen LogP contribution in [-0.2, 0) is 23.2 Å². The van der Waals surface area contributed by atoms with Gasteiger partial charge < -0.3 is 15.0 Å². The summed E-state index contributed by atoms with van der Waals surface area (Å²) in [4.78, 5) is 2.38. The monoisotopic (exact) mass is 364 g/mol. The SMILES string of the molecule is CC(C)(C)c1[nH]ncc1CNCc1ccc(N2CCOCC2)cc1.Cl. The van der Waals surface area contributed by atoms with Crippen LogP contribution in [0.2, 0.25) is 0 Å². The van der Waals surface area contributed by atoms with Crippen LogP contribution in [0, 0.1) is 0 Å². The zero-order valence-electron chi connectivity index (χ0n) is 15.3. The molecule has 0 unspecified atom stereocenters. The van der Waals surface area contributed by atoms with Crippen molar-refractivity contribution in [1.29, 1.82) is 0 Å². The molecular formula is C19H29ClN4O. The minimum atomic E-state index is 0. The molecule has 1 aromatic carbocycles. The van der Waals surface area contributed by atoms with Crippen LogP contribution >= 0.6 is 12.4 Å². The van der Waals surface area contributed by atoms with Crippen LogP contribution in [0.4, 0.5) is 5.69 Å². The summed E-state index contributed by atoms with van der Waals surface area (Å²) in [5, 5.41) is 10.9. The second kappa shape index (κ2) is 8.70. The normalized spacial score (nSPS) is 15.1. The summed E-state index contributed by atoms with van der Waals surface area (Å²) in [6.07, 6.45) is 1.93. The van der Waals surface area contributed by atoms with Gasteiger partial charge in [0, 0.05) is 48.5 Å². The second-order valence-corrected chi connectivity index (χ2v) is 7.39. The molecule has 1 aliphatic heterocycles. The van der Waals surface area contributed by atoms with Gasteiger partial charge in [-0.2, -0.15) is 5.10 Å². The van der Waals surface area contributed by atoms with Gasteiger partial charge in [-0.05, 0) is 17.7 Å². The Balaban J connectivity index is 0.00000225. The van der Waals surface area contributed by atoms with Crippen LogP contribution in [0.1, 0.15) is 37.6 Å². The first-order valence-electron chi connectivity index (χ1n) is 8.69. The Morgan fingerprint density at radius 1 is 1.12 bits per heavy atom. The van der Waals surface area contributed by atoms with Gasteiger partial charge in [0.1, 0.15) is 0 Å². The number of aromatic nitrogens is 2. The third-order valence-corrected chi connectivity index (χ3v) is 4.43. The molecule has 2 heterocycles. The van der Waals surface area contributed by atoms with Crippen LogP contribution < -0.4 is 10.2 Å². The predicted molar refractivity (Wildman–Crippen MR) is 105 cm³/mol. The van der Waals surface area contributed by atoms with E-state index in [0.717, 1.165) is 39.4 Å². The number of ether oxygens (including phenoxy) is 1. The number of H-pyrrole nitrogens is 1. The van der Waals surface area contributed by atoms with E-state index in [9.17, 15) is 0 Å². The van der Waals surface area contributed by atoms with Gasteiger partial charge in [0.15, 0.2) is 0 Å². The highest BCUT2D eigenvalue weighted by molar-refractivity contribution is 5.85. The highest BCUT2D eigenvalue weighted by Gasteiger charge is 2.19. The van der Waals surface area contributed by atoms with Crippen molar-refractivity contribution in [2.75, 3.05) is 31.2 Å². The minimum absolute atomic E-state index is 0. The number of morpholine rings is 1. The summed E-state index contributed by atoms with van der Waals surface area (Å²) in [5.41, 5.74) is 5.12. The number of rotatable bonds is 5. The fourth-order valence-corrected chi connectivity index (χ4v) is 3.08. The highest BCUT2D eigenvalue weighted by atomic mass is 35.5. The van der Waals surface area contributed by atoms with Crippen LogP contribution in [0.3, 0.4) is 0 Å². The molecule has 2 N–H and O–H groups in total. The molecule has 3 rings (SSSR count). The molecule has 0 aliphatic carbocycles. The topological polar surface area (TPSA) is 53.2 Å². The fraction of sp³-hybridized carbons (Fsp3) is 0.526. The van der Waals surface area contributed by atoms with E-state index in [2.05, 4.69) is 65.5 Å². The van der Waals surface area contributed by atoms with Crippen LogP contribution in [0.15, 0.2) is 30.5 Å². The third-order valence-electron chi connectivity index (χ3n) is 4.43. The maximum Gasteiger partial charge on any atom is 0.0642 e. The van der Waals surface area contributed by atoms with E-state index >= 15 is 0 Å². The van der Waals surface area contributed by atoms with Crippen molar-refractivity contribution < 1.29 is 4.74 Å². The van der Waals surface area contributed by atoms with Gasteiger partial charge in [-0.3, -0.25) is 5.10 Å². The van der Waals surface area contributed by atoms with E-state index in [-0.39, 0.29) is 17.8 Å². The quantitative estimate of drug-likeness (QED) is 0.855. The lowest BCUT2D eigenvalue weighted by atomic mass is 9.89. The molecular weight excluding hydrogens is 336 g/mol. The molecule has 138 valence electrons. The average molecular weight is 365 g/mol. The molecule has 6 heteroatoms. The lowest BCUT2D eigenvalue weighted by Crippen LogP contribution is -2.36. The fourth-order valence-electron chi connectivity index (χ4n) is 3.08. The summed E-state index contributed by atoms with van der Waals surface area (Å²) in [5.74, 6) is 0. The average Bonchev–Trinajstić information content (AvgIpc) is 3.05. The van der Waals surface area contributed by atoms with Crippen molar-refractivity contribution in [2.45, 2.75) is 39.3 Å². The standard InChI is InChI=1S/C19H28N4O.ClH/c1-19(2,3)18-16(14-21-22-18)13-20-12-15-4-6-17(7-5-15)23-8-10-24-11-9-23;/h4-7,14,20H,8-13H2,1-3H3,(H,21,22);1H. The van der Waals surface area contributed by atoms with Gasteiger partial charge in [-0.15, -0.1) is 12.4 Å². The van der Waals surface area contributed by atoms with Gasteiger partial charge in [0.05, 0.1) is 19.4 Å². The Kier molecular flexibility index (Phi) is 6.87. The Morgan fingerprint density at radius 3 is 2.44 bits per heavy atom. The number of anilines is 1. The zero-order chi connectivity index (χ0) is 17.0. The number of nitrogens with one attached hydrogen (secondary N) is 2. The van der Waals surface area contributed by atoms with Crippen molar-refractivity contribution in [3.05, 3.63) is 47.3 Å². The molecule has 1 fully saturated rings. The molecule has 0 amide bonds. The van der Waals surface area contributed by atoms with Crippen molar-refractivity contribution in [2.24, 2.45) is 0 Å². The Labute approximate surface area is 156 Å². The predicted octanol–water partition coefficient (Wildman–Crippen LogP) is 3.26. The number of aromatic amines is 1. The highest BCUT2D eigenvalue weighted by Crippen LogP contribution is 2.23. The number of benzene rings is 1. The summed E-state index contributed by atoms with van der Waals surface area (Å²) in [7, 11) is 0. The van der Waals surface area contributed by atoms with Gasteiger partial charge in [0.2, 0.25) is 0 Å². The first kappa shape index (κ1) is 19.8. The number of halogens is 1. The van der Waals surface area contributed by atoms with E-state index in [0.29, 0.717) is 0 Å². The molecule has 1 saturated heterocycles. The van der Waals surface area contributed by atoms with E-state index in [1.165, 1.54) is 22.5 Å². The lowest BCUT2D eigenvalue weighted by Gasteiger charge is -2.28. The van der Waals surface area contributed by atoms with Gasteiger partial charge >= 0.3 is 0 Å². The number of hydrogen-bond donors (Lipinski definition) is 2. The summed E-state index contributed by atoms with van der Waals surface area (Å²) < 4.78 is 5.41. The third kappa shape index (κ3) is 5.21. The molecule has 5 nitrogen and oxygen atoms in total. The van der Waals surface area contributed by atoms with Gasteiger partial charge in [0.25, 0.3) is 0 Å².